The molecule has 0 unspecified atom stereocenters. The molecule has 0 atom stereocenters. The molecule has 2 nitrogen and oxygen atoms in total. The lowest BCUT2D eigenvalue weighted by atomic mass is 10.0. The van der Waals surface area contributed by atoms with Crippen LogP contribution in [-0.4, -0.2) is 4.98 Å². The van der Waals surface area contributed by atoms with Crippen molar-refractivity contribution in [2.75, 3.05) is 0 Å². The maximum Gasteiger partial charge on any atom is 0.227 e. The van der Waals surface area contributed by atoms with Crippen LogP contribution in [0.2, 0.25) is 0 Å². The average molecular weight is 258 g/mol. The van der Waals surface area contributed by atoms with Crippen LogP contribution in [0.15, 0.2) is 46.9 Å². The lowest BCUT2D eigenvalue weighted by Gasteiger charge is -2.02. The molecule has 0 bridgehead atoms. The van der Waals surface area contributed by atoms with Gasteiger partial charge in [-0.1, -0.05) is 36.4 Å². The molecule has 0 fully saturated rings. The van der Waals surface area contributed by atoms with Crippen molar-refractivity contribution in [3.05, 3.63) is 53.9 Å². The fourth-order valence-corrected chi connectivity index (χ4v) is 2.33. The van der Waals surface area contributed by atoms with Gasteiger partial charge in [0.15, 0.2) is 0 Å². The van der Waals surface area contributed by atoms with Gasteiger partial charge in [-0.25, -0.2) is 4.98 Å². The van der Waals surface area contributed by atoms with Crippen LogP contribution in [0.5, 0.6) is 0 Å². The van der Waals surface area contributed by atoms with Gasteiger partial charge in [0.05, 0.1) is 11.6 Å². The molecule has 0 saturated carbocycles. The van der Waals surface area contributed by atoms with Gasteiger partial charge in [0.2, 0.25) is 5.89 Å². The van der Waals surface area contributed by atoms with Crippen LogP contribution in [0.25, 0.3) is 22.2 Å². The van der Waals surface area contributed by atoms with Gasteiger partial charge in [0.1, 0.15) is 5.76 Å². The van der Waals surface area contributed by atoms with E-state index >= 15 is 0 Å². The molecule has 0 spiro atoms. The van der Waals surface area contributed by atoms with Crippen molar-refractivity contribution in [1.29, 1.82) is 0 Å². The van der Waals surface area contributed by atoms with Crippen molar-refractivity contribution in [2.24, 2.45) is 0 Å². The van der Waals surface area contributed by atoms with Gasteiger partial charge < -0.3 is 4.42 Å². The molecule has 0 N–H and O–H groups in total. The molecule has 0 aliphatic rings. The molecule has 0 aliphatic carbocycles. The van der Waals surface area contributed by atoms with Crippen LogP contribution < -0.4 is 0 Å². The molecule has 1 heterocycles. The molecule has 1 aromatic heterocycles. The lowest BCUT2D eigenvalue weighted by Crippen LogP contribution is -1.83. The normalized spacial score (nSPS) is 11.0. The Bertz CT molecular complexity index is 697. The first-order chi connectivity index (χ1) is 8.79. The summed E-state index contributed by atoms with van der Waals surface area (Å²) in [6.07, 6.45) is 0. The number of aryl methyl sites for hydroxylation is 1. The molecular formula is C15H12ClNO. The maximum atomic E-state index is 5.83. The number of nitrogens with zero attached hydrogens (tertiary/aromatic N) is 1. The number of oxazole rings is 1. The Morgan fingerprint density at radius 2 is 1.89 bits per heavy atom. The third-order valence-electron chi connectivity index (χ3n) is 3.04. The fraction of sp³-hybridized carbons (Fsp3) is 0.133. The second-order valence-electron chi connectivity index (χ2n) is 4.18. The summed E-state index contributed by atoms with van der Waals surface area (Å²) in [6.45, 7) is 1.89. The Hall–Kier alpha value is -1.80. The fourth-order valence-electron chi connectivity index (χ4n) is 2.08. The topological polar surface area (TPSA) is 26.0 Å². The summed E-state index contributed by atoms with van der Waals surface area (Å²) in [4.78, 5) is 4.45. The van der Waals surface area contributed by atoms with Gasteiger partial charge in [-0.2, -0.15) is 0 Å². The lowest BCUT2D eigenvalue weighted by molar-refractivity contribution is 0.541. The number of halogens is 1. The highest BCUT2D eigenvalue weighted by atomic mass is 35.5. The van der Waals surface area contributed by atoms with E-state index < -0.39 is 0 Å². The predicted octanol–water partition coefficient (Wildman–Crippen LogP) is 4.54. The van der Waals surface area contributed by atoms with Crippen molar-refractivity contribution in [3.8, 4) is 11.5 Å². The van der Waals surface area contributed by atoms with Crippen LogP contribution in [0.1, 0.15) is 11.5 Å². The van der Waals surface area contributed by atoms with Crippen molar-refractivity contribution in [1.82, 2.24) is 4.98 Å². The molecule has 0 radical (unpaired) electrons. The standard InChI is InChI=1S/C15H12ClNO/c1-10-14(9-16)17-15(18-10)13-8-4-6-11-5-2-3-7-12(11)13/h2-8H,9H2,1H3. The molecule has 3 heteroatoms. The molecule has 18 heavy (non-hydrogen) atoms. The highest BCUT2D eigenvalue weighted by Crippen LogP contribution is 2.29. The van der Waals surface area contributed by atoms with E-state index in [-0.39, 0.29) is 0 Å². The number of hydrogen-bond acceptors (Lipinski definition) is 2. The van der Waals surface area contributed by atoms with Crippen molar-refractivity contribution in [2.45, 2.75) is 12.8 Å². The molecular weight excluding hydrogens is 246 g/mol. The predicted molar refractivity (Wildman–Crippen MR) is 73.7 cm³/mol. The largest absolute Gasteiger partial charge is 0.441 e. The van der Waals surface area contributed by atoms with Crippen LogP contribution in [0.4, 0.5) is 0 Å². The Morgan fingerprint density at radius 3 is 2.67 bits per heavy atom. The molecule has 3 rings (SSSR count). The highest BCUT2D eigenvalue weighted by molar-refractivity contribution is 6.17. The van der Waals surface area contributed by atoms with Gasteiger partial charge >= 0.3 is 0 Å². The minimum Gasteiger partial charge on any atom is -0.441 e. The van der Waals surface area contributed by atoms with E-state index in [0.29, 0.717) is 11.8 Å². The summed E-state index contributed by atoms with van der Waals surface area (Å²) in [5.74, 6) is 1.80. The Kier molecular flexibility index (Phi) is 2.80. The summed E-state index contributed by atoms with van der Waals surface area (Å²) in [7, 11) is 0. The summed E-state index contributed by atoms with van der Waals surface area (Å²) in [5.41, 5.74) is 1.81. The van der Waals surface area contributed by atoms with E-state index in [1.165, 1.54) is 5.39 Å². The molecule has 0 amide bonds. The average Bonchev–Trinajstić information content (AvgIpc) is 2.79. The minimum atomic E-state index is 0.375. The summed E-state index contributed by atoms with van der Waals surface area (Å²) in [6, 6.07) is 14.3. The van der Waals surface area contributed by atoms with E-state index in [0.717, 1.165) is 22.4 Å². The Labute approximate surface area is 110 Å². The first-order valence-electron chi connectivity index (χ1n) is 5.80. The first-order valence-corrected chi connectivity index (χ1v) is 6.33. The number of hydrogen-bond donors (Lipinski definition) is 0. The van der Waals surface area contributed by atoms with Crippen LogP contribution in [0, 0.1) is 6.92 Å². The minimum absolute atomic E-state index is 0.375. The zero-order chi connectivity index (χ0) is 12.5. The van der Waals surface area contributed by atoms with E-state index in [9.17, 15) is 0 Å². The molecule has 2 aromatic carbocycles. The van der Waals surface area contributed by atoms with Gasteiger partial charge in [-0.3, -0.25) is 0 Å². The number of aromatic nitrogens is 1. The first kappa shape index (κ1) is 11.3. The number of fused-ring (bicyclic) bond motifs is 1. The number of rotatable bonds is 2. The quantitative estimate of drug-likeness (QED) is 0.630. The van der Waals surface area contributed by atoms with Crippen molar-refractivity contribution in [3.63, 3.8) is 0 Å². The highest BCUT2D eigenvalue weighted by Gasteiger charge is 2.12. The van der Waals surface area contributed by atoms with Gasteiger partial charge in [-0.15, -0.1) is 11.6 Å². The molecule has 0 aliphatic heterocycles. The van der Waals surface area contributed by atoms with Crippen molar-refractivity contribution < 1.29 is 4.42 Å². The third-order valence-corrected chi connectivity index (χ3v) is 3.29. The van der Waals surface area contributed by atoms with E-state index in [1.807, 2.05) is 31.2 Å². The SMILES string of the molecule is Cc1oc(-c2cccc3ccccc23)nc1CCl. The van der Waals surface area contributed by atoms with Gasteiger partial charge in [0.25, 0.3) is 0 Å². The molecule has 3 aromatic rings. The van der Waals surface area contributed by atoms with E-state index in [1.54, 1.807) is 0 Å². The summed E-state index contributed by atoms with van der Waals surface area (Å²) in [5, 5.41) is 2.32. The number of alkyl halides is 1. The molecule has 90 valence electrons. The van der Waals surface area contributed by atoms with Crippen LogP contribution >= 0.6 is 11.6 Å². The van der Waals surface area contributed by atoms with E-state index in [2.05, 4.69) is 23.2 Å². The summed E-state index contributed by atoms with van der Waals surface area (Å²) >= 11 is 5.83. The zero-order valence-electron chi connectivity index (χ0n) is 9.98. The third kappa shape index (κ3) is 1.79. The zero-order valence-corrected chi connectivity index (χ0v) is 10.7. The second-order valence-corrected chi connectivity index (χ2v) is 4.45. The van der Waals surface area contributed by atoms with Crippen LogP contribution in [-0.2, 0) is 5.88 Å². The van der Waals surface area contributed by atoms with Crippen LogP contribution in [0.3, 0.4) is 0 Å². The van der Waals surface area contributed by atoms with Gasteiger partial charge in [-0.05, 0) is 23.8 Å². The molecule has 0 saturated heterocycles. The Balaban J connectivity index is 2.24. The summed E-state index contributed by atoms with van der Waals surface area (Å²) < 4.78 is 5.70. The van der Waals surface area contributed by atoms with E-state index in [4.69, 9.17) is 16.0 Å². The second kappa shape index (κ2) is 4.46. The van der Waals surface area contributed by atoms with Crippen molar-refractivity contribution >= 4 is 22.4 Å². The maximum absolute atomic E-state index is 5.83. The Morgan fingerprint density at radius 1 is 1.11 bits per heavy atom. The monoisotopic (exact) mass is 257 g/mol. The van der Waals surface area contributed by atoms with Gasteiger partial charge in [0, 0.05) is 5.56 Å². The smallest absolute Gasteiger partial charge is 0.227 e. The number of benzene rings is 2.